The van der Waals surface area contributed by atoms with Crippen LogP contribution in [0.4, 0.5) is 4.39 Å². The minimum absolute atomic E-state index is 0.264. The van der Waals surface area contributed by atoms with Crippen LogP contribution in [0.5, 0.6) is 0 Å². The number of halogens is 1. The van der Waals surface area contributed by atoms with Gasteiger partial charge in [-0.2, -0.15) is 0 Å². The largest absolute Gasteiger partial charge is 0.374 e. The van der Waals surface area contributed by atoms with E-state index in [-0.39, 0.29) is 5.82 Å². The Morgan fingerprint density at radius 3 is 2.47 bits per heavy atom. The number of rotatable bonds is 3. The molecule has 1 unspecified atom stereocenters. The Kier molecular flexibility index (Phi) is 3.24. The second kappa shape index (κ2) is 4.67. The molecule has 0 radical (unpaired) electrons. The number of imidazole rings is 1. The summed E-state index contributed by atoms with van der Waals surface area (Å²) in [6.45, 7) is 3.67. The van der Waals surface area contributed by atoms with E-state index in [9.17, 15) is 9.50 Å². The molecule has 1 heterocycles. The summed E-state index contributed by atoms with van der Waals surface area (Å²) in [4.78, 5) is 4.43. The van der Waals surface area contributed by atoms with Gasteiger partial charge in [0.15, 0.2) is 0 Å². The van der Waals surface area contributed by atoms with E-state index in [2.05, 4.69) is 4.98 Å². The van der Waals surface area contributed by atoms with Crippen LogP contribution in [0.3, 0.4) is 0 Å². The highest BCUT2D eigenvalue weighted by Crippen LogP contribution is 2.21. The van der Waals surface area contributed by atoms with Crippen molar-refractivity contribution in [2.45, 2.75) is 26.5 Å². The standard InChI is InChI=1S/C13H15FN2O/c1-3-13-15-12(8-16(13)9(2)17)10-4-6-11(14)7-5-10/h4-9,17H,3H2,1-2H3. The predicted octanol–water partition coefficient (Wildman–Crippen LogP) is 2.76. The molecule has 1 atom stereocenters. The highest BCUT2D eigenvalue weighted by atomic mass is 19.1. The van der Waals surface area contributed by atoms with Crippen molar-refractivity contribution in [1.82, 2.24) is 9.55 Å². The highest BCUT2D eigenvalue weighted by Gasteiger charge is 2.11. The van der Waals surface area contributed by atoms with Crippen LogP contribution in [0.1, 0.15) is 25.9 Å². The molecule has 0 bridgehead atoms. The molecule has 0 aliphatic heterocycles. The van der Waals surface area contributed by atoms with Gasteiger partial charge in [0.05, 0.1) is 5.69 Å². The second-order valence-electron chi connectivity index (χ2n) is 3.94. The van der Waals surface area contributed by atoms with Gasteiger partial charge in [0.1, 0.15) is 17.9 Å². The Hall–Kier alpha value is -1.68. The summed E-state index contributed by atoms with van der Waals surface area (Å²) in [6, 6.07) is 6.18. The van der Waals surface area contributed by atoms with Gasteiger partial charge in [0, 0.05) is 18.2 Å². The number of nitrogens with zero attached hydrogens (tertiary/aromatic N) is 2. The molecule has 1 N–H and O–H groups in total. The van der Waals surface area contributed by atoms with Crippen LogP contribution in [-0.2, 0) is 6.42 Å². The number of hydrogen-bond donors (Lipinski definition) is 1. The van der Waals surface area contributed by atoms with E-state index >= 15 is 0 Å². The molecule has 2 aromatic rings. The van der Waals surface area contributed by atoms with E-state index in [0.29, 0.717) is 0 Å². The van der Waals surface area contributed by atoms with Crippen molar-refractivity contribution in [3.05, 3.63) is 42.1 Å². The Labute approximate surface area is 99.5 Å². The topological polar surface area (TPSA) is 38.0 Å². The maximum atomic E-state index is 12.8. The van der Waals surface area contributed by atoms with Gasteiger partial charge in [-0.25, -0.2) is 9.37 Å². The Bertz CT molecular complexity index is 503. The number of aromatic nitrogens is 2. The van der Waals surface area contributed by atoms with Gasteiger partial charge in [-0.05, 0) is 31.2 Å². The zero-order valence-electron chi connectivity index (χ0n) is 9.89. The first-order valence-electron chi connectivity index (χ1n) is 5.63. The second-order valence-corrected chi connectivity index (χ2v) is 3.94. The van der Waals surface area contributed by atoms with Crippen molar-refractivity contribution in [3.63, 3.8) is 0 Å². The average Bonchev–Trinajstić information content (AvgIpc) is 2.74. The predicted molar refractivity (Wildman–Crippen MR) is 63.9 cm³/mol. The van der Waals surface area contributed by atoms with Crippen molar-refractivity contribution in [3.8, 4) is 11.3 Å². The Morgan fingerprint density at radius 2 is 2.00 bits per heavy atom. The smallest absolute Gasteiger partial charge is 0.129 e. The third-order valence-corrected chi connectivity index (χ3v) is 2.67. The third-order valence-electron chi connectivity index (χ3n) is 2.67. The van der Waals surface area contributed by atoms with Crippen LogP contribution >= 0.6 is 0 Å². The molecule has 0 aliphatic carbocycles. The maximum absolute atomic E-state index is 12.8. The van der Waals surface area contributed by atoms with Gasteiger partial charge < -0.3 is 9.67 Å². The van der Waals surface area contributed by atoms with E-state index in [4.69, 9.17) is 0 Å². The molecule has 1 aromatic carbocycles. The molecule has 0 saturated heterocycles. The summed E-state index contributed by atoms with van der Waals surface area (Å²) in [5.74, 6) is 0.554. The fourth-order valence-corrected chi connectivity index (χ4v) is 1.78. The van der Waals surface area contributed by atoms with Crippen LogP contribution in [0.2, 0.25) is 0 Å². The maximum Gasteiger partial charge on any atom is 0.129 e. The number of aliphatic hydroxyl groups excluding tert-OH is 1. The first-order valence-corrected chi connectivity index (χ1v) is 5.63. The van der Waals surface area contributed by atoms with Gasteiger partial charge in [0.2, 0.25) is 0 Å². The van der Waals surface area contributed by atoms with Crippen LogP contribution in [0.15, 0.2) is 30.5 Å². The van der Waals surface area contributed by atoms with E-state index in [1.807, 2.05) is 6.92 Å². The molecule has 0 fully saturated rings. The number of aliphatic hydroxyl groups is 1. The van der Waals surface area contributed by atoms with Crippen molar-refractivity contribution >= 4 is 0 Å². The van der Waals surface area contributed by atoms with Gasteiger partial charge in [-0.15, -0.1) is 0 Å². The lowest BCUT2D eigenvalue weighted by Gasteiger charge is -2.07. The fraction of sp³-hybridized carbons (Fsp3) is 0.308. The summed E-state index contributed by atoms with van der Waals surface area (Å²) in [7, 11) is 0. The molecule has 90 valence electrons. The minimum atomic E-state index is -0.605. The Morgan fingerprint density at radius 1 is 1.35 bits per heavy atom. The lowest BCUT2D eigenvalue weighted by molar-refractivity contribution is 0.121. The number of benzene rings is 1. The number of hydrogen-bond acceptors (Lipinski definition) is 2. The van der Waals surface area contributed by atoms with Crippen LogP contribution in [-0.4, -0.2) is 14.7 Å². The van der Waals surface area contributed by atoms with Gasteiger partial charge in [-0.3, -0.25) is 0 Å². The first-order chi connectivity index (χ1) is 8.11. The van der Waals surface area contributed by atoms with E-state index in [1.54, 1.807) is 29.8 Å². The Balaban J connectivity index is 2.42. The van der Waals surface area contributed by atoms with Crippen LogP contribution < -0.4 is 0 Å². The summed E-state index contributed by atoms with van der Waals surface area (Å²) >= 11 is 0. The quantitative estimate of drug-likeness (QED) is 0.886. The van der Waals surface area contributed by atoms with Crippen molar-refractivity contribution in [2.24, 2.45) is 0 Å². The van der Waals surface area contributed by atoms with Gasteiger partial charge in [-0.1, -0.05) is 6.92 Å². The monoisotopic (exact) mass is 234 g/mol. The number of aryl methyl sites for hydroxylation is 1. The molecule has 1 aromatic heterocycles. The van der Waals surface area contributed by atoms with E-state index in [1.165, 1.54) is 12.1 Å². The molecule has 17 heavy (non-hydrogen) atoms. The first kappa shape index (κ1) is 11.8. The summed E-state index contributed by atoms with van der Waals surface area (Å²) in [5.41, 5.74) is 1.60. The highest BCUT2D eigenvalue weighted by molar-refractivity contribution is 5.58. The zero-order chi connectivity index (χ0) is 12.4. The van der Waals surface area contributed by atoms with Crippen molar-refractivity contribution in [1.29, 1.82) is 0 Å². The van der Waals surface area contributed by atoms with E-state index in [0.717, 1.165) is 23.5 Å². The zero-order valence-corrected chi connectivity index (χ0v) is 9.89. The molecule has 0 saturated carbocycles. The SMILES string of the molecule is CCc1nc(-c2ccc(F)cc2)cn1C(C)O. The van der Waals surface area contributed by atoms with Crippen molar-refractivity contribution in [2.75, 3.05) is 0 Å². The minimum Gasteiger partial charge on any atom is -0.374 e. The molecule has 2 rings (SSSR count). The lowest BCUT2D eigenvalue weighted by Crippen LogP contribution is -2.06. The fourth-order valence-electron chi connectivity index (χ4n) is 1.78. The normalized spacial score (nSPS) is 12.7. The van der Waals surface area contributed by atoms with Crippen LogP contribution in [0.25, 0.3) is 11.3 Å². The molecule has 0 spiro atoms. The van der Waals surface area contributed by atoms with Crippen LogP contribution in [0, 0.1) is 5.82 Å². The van der Waals surface area contributed by atoms with Gasteiger partial charge in [0.25, 0.3) is 0 Å². The van der Waals surface area contributed by atoms with Crippen molar-refractivity contribution < 1.29 is 9.50 Å². The summed E-state index contributed by atoms with van der Waals surface area (Å²) < 4.78 is 14.5. The molecule has 0 amide bonds. The molecular weight excluding hydrogens is 219 g/mol. The molecular formula is C13H15FN2O. The van der Waals surface area contributed by atoms with E-state index < -0.39 is 6.23 Å². The molecule has 3 nitrogen and oxygen atoms in total. The summed E-state index contributed by atoms with van der Waals surface area (Å²) in [6.07, 6.45) is 1.93. The molecule has 4 heteroatoms. The summed E-state index contributed by atoms with van der Waals surface area (Å²) in [5, 5.41) is 9.60. The molecule has 0 aliphatic rings. The average molecular weight is 234 g/mol. The lowest BCUT2D eigenvalue weighted by atomic mass is 10.2. The van der Waals surface area contributed by atoms with Gasteiger partial charge >= 0.3 is 0 Å². The third kappa shape index (κ3) is 2.36.